The van der Waals surface area contributed by atoms with Gasteiger partial charge in [0, 0.05) is 27.9 Å². The maximum Gasteiger partial charge on any atom is 0.350 e. The first-order valence-electron chi connectivity index (χ1n) is 12.6. The maximum absolute atomic E-state index is 13.7. The molecule has 0 unspecified atom stereocenters. The number of hydrogen-bond donors (Lipinski definition) is 1. The lowest BCUT2D eigenvalue weighted by molar-refractivity contribution is -0.123. The Morgan fingerprint density at radius 1 is 1.11 bits per heavy atom. The monoisotopic (exact) mass is 539 g/mol. The lowest BCUT2D eigenvalue weighted by atomic mass is 9.82. The van der Waals surface area contributed by atoms with Crippen LogP contribution in [-0.4, -0.2) is 35.9 Å². The Balaban J connectivity index is 1.60. The summed E-state index contributed by atoms with van der Waals surface area (Å²) in [4.78, 5) is 46.1. The standard InChI is InChI=1S/C28H33N3O4S2/c1-16(2)31(27(33)20-8-6-17(3)7-9-20)23-14-24(37-25(23)28(34)35-5)19-10-12-21(13-11-19)30-26(32)22-15-36-18(4)29-22/h10-17,20H,6-9H2,1-5H3,(H,30,32). The molecule has 0 saturated heterocycles. The smallest absolute Gasteiger partial charge is 0.350 e. The van der Waals surface area contributed by atoms with Crippen LogP contribution in [0.5, 0.6) is 0 Å². The van der Waals surface area contributed by atoms with E-state index in [1.54, 1.807) is 10.3 Å². The van der Waals surface area contributed by atoms with Gasteiger partial charge in [-0.2, -0.15) is 0 Å². The van der Waals surface area contributed by atoms with Gasteiger partial charge in [-0.15, -0.1) is 22.7 Å². The minimum absolute atomic E-state index is 0.0307. The molecule has 2 amide bonds. The average molecular weight is 540 g/mol. The van der Waals surface area contributed by atoms with Crippen LogP contribution in [0.2, 0.25) is 0 Å². The van der Waals surface area contributed by atoms with E-state index in [9.17, 15) is 14.4 Å². The number of rotatable bonds is 7. The second kappa shape index (κ2) is 11.6. The Kier molecular flexibility index (Phi) is 8.44. The van der Waals surface area contributed by atoms with Gasteiger partial charge >= 0.3 is 5.97 Å². The summed E-state index contributed by atoms with van der Waals surface area (Å²) < 4.78 is 5.08. The largest absolute Gasteiger partial charge is 0.465 e. The van der Waals surface area contributed by atoms with Crippen molar-refractivity contribution in [1.29, 1.82) is 0 Å². The number of nitrogens with zero attached hydrogens (tertiary/aromatic N) is 2. The van der Waals surface area contributed by atoms with Gasteiger partial charge in [0.25, 0.3) is 5.91 Å². The number of anilines is 2. The zero-order valence-corrected chi connectivity index (χ0v) is 23.5. The molecule has 0 bridgehead atoms. The van der Waals surface area contributed by atoms with Gasteiger partial charge in [-0.05, 0) is 76.1 Å². The molecule has 3 aromatic rings. The van der Waals surface area contributed by atoms with Crippen LogP contribution in [0, 0.1) is 18.8 Å². The number of thiophene rings is 1. The highest BCUT2D eigenvalue weighted by molar-refractivity contribution is 7.18. The number of methoxy groups -OCH3 is 1. The number of ether oxygens (including phenoxy) is 1. The molecule has 0 atom stereocenters. The molecule has 1 aliphatic carbocycles. The molecule has 1 aromatic carbocycles. The molecular formula is C28H33N3O4S2. The third-order valence-corrected chi connectivity index (χ3v) is 8.67. The number of carbonyl (C=O) groups excluding carboxylic acids is 3. The number of amides is 2. The molecule has 1 aliphatic rings. The van der Waals surface area contributed by atoms with Crippen molar-refractivity contribution >= 4 is 51.8 Å². The van der Waals surface area contributed by atoms with E-state index in [-0.39, 0.29) is 23.8 Å². The van der Waals surface area contributed by atoms with Crippen LogP contribution in [0.25, 0.3) is 10.4 Å². The second-order valence-corrected chi connectivity index (χ2v) is 12.0. The van der Waals surface area contributed by atoms with E-state index in [1.807, 2.05) is 51.1 Å². The molecule has 0 aliphatic heterocycles. The molecule has 1 saturated carbocycles. The average Bonchev–Trinajstić information content (AvgIpc) is 3.51. The predicted octanol–water partition coefficient (Wildman–Crippen LogP) is 6.79. The molecule has 196 valence electrons. The minimum Gasteiger partial charge on any atom is -0.465 e. The lowest BCUT2D eigenvalue weighted by Crippen LogP contribution is -2.42. The summed E-state index contributed by atoms with van der Waals surface area (Å²) in [7, 11) is 1.36. The maximum atomic E-state index is 13.7. The molecule has 1 N–H and O–H groups in total. The van der Waals surface area contributed by atoms with E-state index in [0.717, 1.165) is 41.1 Å². The molecule has 2 aromatic heterocycles. The van der Waals surface area contributed by atoms with Crippen LogP contribution < -0.4 is 10.2 Å². The lowest BCUT2D eigenvalue weighted by Gasteiger charge is -2.33. The normalized spacial score (nSPS) is 17.5. The molecular weight excluding hydrogens is 506 g/mol. The quantitative estimate of drug-likeness (QED) is 0.334. The summed E-state index contributed by atoms with van der Waals surface area (Å²) in [6.07, 6.45) is 3.85. The molecule has 2 heterocycles. The molecule has 0 spiro atoms. The molecule has 1 fully saturated rings. The number of esters is 1. The van der Waals surface area contributed by atoms with Crippen molar-refractivity contribution in [1.82, 2.24) is 4.98 Å². The van der Waals surface area contributed by atoms with Crippen molar-refractivity contribution < 1.29 is 19.1 Å². The molecule has 0 radical (unpaired) electrons. The predicted molar refractivity (Wildman–Crippen MR) is 150 cm³/mol. The fourth-order valence-corrected chi connectivity index (χ4v) is 6.34. The van der Waals surface area contributed by atoms with Gasteiger partial charge in [-0.1, -0.05) is 19.1 Å². The van der Waals surface area contributed by atoms with Crippen molar-refractivity contribution in [3.63, 3.8) is 0 Å². The molecule has 7 nitrogen and oxygen atoms in total. The number of nitrogens with one attached hydrogen (secondary N) is 1. The van der Waals surface area contributed by atoms with Gasteiger partial charge in [0.2, 0.25) is 5.91 Å². The van der Waals surface area contributed by atoms with E-state index >= 15 is 0 Å². The Morgan fingerprint density at radius 3 is 2.35 bits per heavy atom. The first-order chi connectivity index (χ1) is 17.7. The summed E-state index contributed by atoms with van der Waals surface area (Å²) in [5.41, 5.74) is 2.52. The van der Waals surface area contributed by atoms with Crippen LogP contribution in [0.15, 0.2) is 35.7 Å². The molecule has 9 heteroatoms. The third kappa shape index (κ3) is 6.10. The fourth-order valence-electron chi connectivity index (χ4n) is 4.68. The van der Waals surface area contributed by atoms with Crippen molar-refractivity contribution in [2.75, 3.05) is 17.3 Å². The topological polar surface area (TPSA) is 88.6 Å². The minimum atomic E-state index is -0.454. The summed E-state index contributed by atoms with van der Waals surface area (Å²) in [6, 6.07) is 9.22. The fraction of sp³-hybridized carbons (Fsp3) is 0.429. The zero-order valence-electron chi connectivity index (χ0n) is 21.9. The summed E-state index contributed by atoms with van der Waals surface area (Å²) in [5.74, 6) is -0.0204. The SMILES string of the molecule is COC(=O)c1sc(-c2ccc(NC(=O)c3csc(C)n3)cc2)cc1N(C(=O)C1CCC(C)CC1)C(C)C. The van der Waals surface area contributed by atoms with Gasteiger partial charge < -0.3 is 15.0 Å². The number of aryl methyl sites for hydroxylation is 1. The second-order valence-electron chi connectivity index (χ2n) is 9.86. The van der Waals surface area contributed by atoms with Gasteiger partial charge in [-0.25, -0.2) is 9.78 Å². The van der Waals surface area contributed by atoms with Crippen LogP contribution in [0.3, 0.4) is 0 Å². The van der Waals surface area contributed by atoms with E-state index in [4.69, 9.17) is 4.74 Å². The molecule has 37 heavy (non-hydrogen) atoms. The van der Waals surface area contributed by atoms with Gasteiger partial charge in [-0.3, -0.25) is 9.59 Å². The number of aromatic nitrogens is 1. The van der Waals surface area contributed by atoms with E-state index < -0.39 is 5.97 Å². The summed E-state index contributed by atoms with van der Waals surface area (Å²) in [5, 5.41) is 5.43. The van der Waals surface area contributed by atoms with Crippen molar-refractivity contribution in [3.8, 4) is 10.4 Å². The highest BCUT2D eigenvalue weighted by Gasteiger charge is 2.33. The van der Waals surface area contributed by atoms with Crippen LogP contribution >= 0.6 is 22.7 Å². The summed E-state index contributed by atoms with van der Waals surface area (Å²) in [6.45, 7) is 8.04. The Bertz CT molecular complexity index is 1270. The van der Waals surface area contributed by atoms with Gasteiger partial charge in [0.1, 0.15) is 10.6 Å². The number of thiazole rings is 1. The zero-order chi connectivity index (χ0) is 26.7. The Hall–Kier alpha value is -3.04. The Morgan fingerprint density at radius 2 is 1.78 bits per heavy atom. The Labute approximate surface area is 225 Å². The highest BCUT2D eigenvalue weighted by atomic mass is 32.1. The van der Waals surface area contributed by atoms with Crippen molar-refractivity contribution in [2.24, 2.45) is 11.8 Å². The van der Waals surface area contributed by atoms with Gasteiger partial charge in [0.05, 0.1) is 17.8 Å². The van der Waals surface area contributed by atoms with Crippen molar-refractivity contribution in [3.05, 3.63) is 51.3 Å². The first-order valence-corrected chi connectivity index (χ1v) is 14.3. The third-order valence-electron chi connectivity index (χ3n) is 6.74. The van der Waals surface area contributed by atoms with Crippen LogP contribution in [-0.2, 0) is 9.53 Å². The highest BCUT2D eigenvalue weighted by Crippen LogP contribution is 2.40. The van der Waals surface area contributed by atoms with E-state index in [1.165, 1.54) is 29.8 Å². The number of benzene rings is 1. The number of carbonyl (C=O) groups is 3. The molecule has 4 rings (SSSR count). The van der Waals surface area contributed by atoms with Gasteiger partial charge in [0.15, 0.2) is 0 Å². The first kappa shape index (κ1) is 27.0. The number of hydrogen-bond acceptors (Lipinski definition) is 7. The summed E-state index contributed by atoms with van der Waals surface area (Å²) >= 11 is 2.74. The van der Waals surface area contributed by atoms with Crippen LogP contribution in [0.1, 0.15) is 71.6 Å². The van der Waals surface area contributed by atoms with E-state index in [2.05, 4.69) is 17.2 Å². The van der Waals surface area contributed by atoms with Crippen molar-refractivity contribution in [2.45, 2.75) is 59.4 Å². The van der Waals surface area contributed by atoms with E-state index in [0.29, 0.717) is 27.9 Å². The van der Waals surface area contributed by atoms with Crippen LogP contribution in [0.4, 0.5) is 11.4 Å².